The summed E-state index contributed by atoms with van der Waals surface area (Å²) in [5, 5.41) is 11.8. The van der Waals surface area contributed by atoms with Gasteiger partial charge in [-0.05, 0) is 66.2 Å². The molecule has 3 atom stereocenters. The summed E-state index contributed by atoms with van der Waals surface area (Å²) in [5.41, 5.74) is 2.44. The number of hydrogen-bond donors (Lipinski definition) is 2. The molecule has 3 unspecified atom stereocenters. The number of halogens is 1. The molecule has 4 aromatic rings. The summed E-state index contributed by atoms with van der Waals surface area (Å²) in [7, 11) is 3.82. The summed E-state index contributed by atoms with van der Waals surface area (Å²) in [6, 6.07) is 18.7. The number of phenolic OH excluding ortho intramolecular Hbond substituents is 1. The van der Waals surface area contributed by atoms with E-state index >= 15 is 0 Å². The molecule has 1 aromatic heterocycles. The van der Waals surface area contributed by atoms with Gasteiger partial charge in [-0.25, -0.2) is 9.29 Å². The van der Waals surface area contributed by atoms with E-state index in [1.165, 1.54) is 41.0 Å². The highest BCUT2D eigenvalue weighted by Crippen LogP contribution is 2.54. The number of phenols is 1. The molecule has 2 N–H and O–H groups in total. The maximum absolute atomic E-state index is 13.9. The number of rotatable bonds is 6. The number of anilines is 3. The lowest BCUT2D eigenvalue weighted by Gasteiger charge is -2.31. The van der Waals surface area contributed by atoms with Crippen LogP contribution in [-0.4, -0.2) is 46.7 Å². The molecule has 0 saturated carbocycles. The van der Waals surface area contributed by atoms with Crippen molar-refractivity contribution in [1.82, 2.24) is 4.57 Å². The molecule has 3 amide bonds. The zero-order valence-electron chi connectivity index (χ0n) is 22.5. The Morgan fingerprint density at radius 1 is 0.952 bits per heavy atom. The van der Waals surface area contributed by atoms with E-state index in [2.05, 4.69) is 5.32 Å². The van der Waals surface area contributed by atoms with Gasteiger partial charge in [-0.15, -0.1) is 0 Å². The molecule has 42 heavy (non-hydrogen) atoms. The zero-order chi connectivity index (χ0) is 29.7. The molecular weight excluding hydrogens is 579 g/mol. The molecule has 2 aliphatic rings. The van der Waals surface area contributed by atoms with Gasteiger partial charge in [-0.2, -0.15) is 0 Å². The van der Waals surface area contributed by atoms with Crippen LogP contribution in [0.15, 0.2) is 82.6 Å². The number of carbonyl (C=O) groups is 3. The summed E-state index contributed by atoms with van der Waals surface area (Å²) in [6.07, 6.45) is 0. The summed E-state index contributed by atoms with van der Waals surface area (Å²) >= 11 is 2.07. The van der Waals surface area contributed by atoms with Crippen molar-refractivity contribution in [3.63, 3.8) is 0 Å². The van der Waals surface area contributed by atoms with Crippen LogP contribution < -0.4 is 20.0 Å². The van der Waals surface area contributed by atoms with Crippen molar-refractivity contribution < 1.29 is 23.9 Å². The molecule has 1 saturated heterocycles. The van der Waals surface area contributed by atoms with E-state index in [1.807, 2.05) is 43.3 Å². The monoisotopic (exact) mass is 604 g/mol. The SMILES string of the molecule is CN(C)c1ccc(C2c3sc(=O)n(CC(=O)Nc4ccc(O)cc4)c3SC3C(=O)N(c4ccc(F)cc4)C(=O)C32)cc1. The third kappa shape index (κ3) is 4.86. The number of nitrogens with zero attached hydrogens (tertiary/aromatic N) is 3. The number of aromatic nitrogens is 1. The van der Waals surface area contributed by atoms with Crippen molar-refractivity contribution in [3.05, 3.63) is 98.7 Å². The van der Waals surface area contributed by atoms with E-state index in [-0.39, 0.29) is 22.9 Å². The van der Waals surface area contributed by atoms with E-state index in [0.717, 1.165) is 39.2 Å². The highest BCUT2D eigenvalue weighted by atomic mass is 32.2. The van der Waals surface area contributed by atoms with E-state index in [0.29, 0.717) is 15.6 Å². The second kappa shape index (κ2) is 10.8. The fourth-order valence-corrected chi connectivity index (χ4v) is 8.10. The van der Waals surface area contributed by atoms with Gasteiger partial charge < -0.3 is 15.3 Å². The highest BCUT2D eigenvalue weighted by Gasteiger charge is 2.56. The number of carbonyl (C=O) groups excluding carboxylic acids is 3. The van der Waals surface area contributed by atoms with Gasteiger partial charge in [0.25, 0.3) is 0 Å². The minimum Gasteiger partial charge on any atom is -0.508 e. The predicted octanol–water partition coefficient (Wildman–Crippen LogP) is 4.26. The van der Waals surface area contributed by atoms with Gasteiger partial charge in [-0.3, -0.25) is 23.7 Å². The third-order valence-electron chi connectivity index (χ3n) is 7.36. The molecule has 3 heterocycles. The number of nitrogens with one attached hydrogen (secondary N) is 1. The first-order valence-corrected chi connectivity index (χ1v) is 14.7. The Hall–Kier alpha value is -4.42. The van der Waals surface area contributed by atoms with Crippen molar-refractivity contribution in [2.24, 2.45) is 5.92 Å². The number of benzene rings is 3. The van der Waals surface area contributed by atoms with Crippen LogP contribution in [0, 0.1) is 11.7 Å². The van der Waals surface area contributed by atoms with Gasteiger partial charge in [0.1, 0.15) is 23.4 Å². The van der Waals surface area contributed by atoms with Crippen molar-refractivity contribution in [3.8, 4) is 5.75 Å². The fraction of sp³-hybridized carbons (Fsp3) is 0.200. The number of thioether (sulfide) groups is 1. The normalized spacial score (nSPS) is 19.4. The minimum absolute atomic E-state index is 0.0530. The van der Waals surface area contributed by atoms with Gasteiger partial charge in [-0.1, -0.05) is 35.2 Å². The summed E-state index contributed by atoms with van der Waals surface area (Å²) in [4.78, 5) is 57.2. The van der Waals surface area contributed by atoms with Crippen LogP contribution in [-0.2, 0) is 20.9 Å². The number of hydrogen-bond acceptors (Lipinski definition) is 8. The lowest BCUT2D eigenvalue weighted by atomic mass is 9.83. The number of aromatic hydroxyl groups is 1. The van der Waals surface area contributed by atoms with Gasteiger partial charge in [0.2, 0.25) is 17.7 Å². The molecule has 0 radical (unpaired) electrons. The van der Waals surface area contributed by atoms with E-state index in [1.54, 1.807) is 12.1 Å². The Labute approximate surface area is 248 Å². The van der Waals surface area contributed by atoms with Crippen LogP contribution in [0.2, 0.25) is 0 Å². The van der Waals surface area contributed by atoms with E-state index in [9.17, 15) is 28.7 Å². The van der Waals surface area contributed by atoms with Crippen molar-refractivity contribution in [2.45, 2.75) is 22.7 Å². The van der Waals surface area contributed by atoms with Crippen molar-refractivity contribution >= 4 is 57.9 Å². The minimum atomic E-state index is -0.853. The standard InChI is InChI=1S/C30H25FN4O5S2/c1-33(2)19-9-3-16(4-10-19)23-24-25(28(39)35(27(24)38)20-11-5-17(31)6-12-20)41-29-26(23)42-30(40)34(29)15-22(37)32-18-7-13-21(36)14-8-18/h3-14,23-25,36H,15H2,1-2H3,(H,32,37). The summed E-state index contributed by atoms with van der Waals surface area (Å²) in [5.74, 6) is -3.18. The summed E-state index contributed by atoms with van der Waals surface area (Å²) in [6.45, 7) is -0.300. The van der Waals surface area contributed by atoms with Gasteiger partial charge in [0, 0.05) is 36.3 Å². The first kappa shape index (κ1) is 27.7. The maximum Gasteiger partial charge on any atom is 0.308 e. The fourth-order valence-electron chi connectivity index (χ4n) is 5.33. The molecule has 3 aromatic carbocycles. The molecule has 0 aliphatic carbocycles. The zero-order valence-corrected chi connectivity index (χ0v) is 24.1. The Morgan fingerprint density at radius 2 is 1.62 bits per heavy atom. The average Bonchev–Trinajstić information content (AvgIpc) is 3.41. The van der Waals surface area contributed by atoms with Gasteiger partial charge in [0.15, 0.2) is 0 Å². The topological polar surface area (TPSA) is 112 Å². The molecule has 2 aliphatic heterocycles. The maximum atomic E-state index is 13.9. The van der Waals surface area contributed by atoms with Crippen LogP contribution in [0.1, 0.15) is 16.4 Å². The first-order valence-electron chi connectivity index (χ1n) is 13.0. The molecule has 9 nitrogen and oxygen atoms in total. The van der Waals surface area contributed by atoms with Crippen molar-refractivity contribution in [1.29, 1.82) is 0 Å². The second-order valence-electron chi connectivity index (χ2n) is 10.2. The van der Waals surface area contributed by atoms with Crippen LogP contribution in [0.5, 0.6) is 5.75 Å². The second-order valence-corrected chi connectivity index (χ2v) is 12.4. The third-order valence-corrected chi connectivity index (χ3v) is 9.96. The number of imide groups is 1. The molecule has 1 fully saturated rings. The first-order chi connectivity index (χ1) is 20.1. The Balaban J connectivity index is 1.41. The van der Waals surface area contributed by atoms with E-state index < -0.39 is 40.6 Å². The summed E-state index contributed by atoms with van der Waals surface area (Å²) < 4.78 is 15.0. The molecule has 0 spiro atoms. The average molecular weight is 605 g/mol. The number of thiazole rings is 1. The predicted molar refractivity (Wildman–Crippen MR) is 160 cm³/mol. The highest BCUT2D eigenvalue weighted by molar-refractivity contribution is 8.00. The lowest BCUT2D eigenvalue weighted by Crippen LogP contribution is -2.33. The molecule has 0 bridgehead atoms. The largest absolute Gasteiger partial charge is 0.508 e. The smallest absolute Gasteiger partial charge is 0.308 e. The van der Waals surface area contributed by atoms with Crippen LogP contribution in [0.3, 0.4) is 0 Å². The number of fused-ring (bicyclic) bond motifs is 2. The van der Waals surface area contributed by atoms with Crippen LogP contribution in [0.25, 0.3) is 0 Å². The van der Waals surface area contributed by atoms with Gasteiger partial charge >= 0.3 is 4.87 Å². The molecule has 214 valence electrons. The molecule has 6 rings (SSSR count). The number of amides is 3. The van der Waals surface area contributed by atoms with Crippen LogP contribution >= 0.6 is 23.1 Å². The molecule has 12 heteroatoms. The Bertz CT molecular complexity index is 1750. The molecular formula is C30H25FN4O5S2. The van der Waals surface area contributed by atoms with Crippen molar-refractivity contribution in [2.75, 3.05) is 29.2 Å². The van der Waals surface area contributed by atoms with Gasteiger partial charge in [0.05, 0.1) is 16.6 Å². The Kier molecular flexibility index (Phi) is 7.11. The quantitative estimate of drug-likeness (QED) is 0.250. The lowest BCUT2D eigenvalue weighted by molar-refractivity contribution is -0.122. The van der Waals surface area contributed by atoms with E-state index in [4.69, 9.17) is 0 Å². The Morgan fingerprint density at radius 3 is 2.26 bits per heavy atom. The van der Waals surface area contributed by atoms with Crippen LogP contribution in [0.4, 0.5) is 21.5 Å².